The lowest BCUT2D eigenvalue weighted by Crippen LogP contribution is -2.48. The first-order valence-corrected chi connectivity index (χ1v) is 12.5. The quantitative estimate of drug-likeness (QED) is 0.278. The Morgan fingerprint density at radius 1 is 1.11 bits per heavy atom. The summed E-state index contributed by atoms with van der Waals surface area (Å²) in [4.78, 5) is 37.4. The van der Waals surface area contributed by atoms with E-state index in [1.807, 2.05) is 61.3 Å². The Morgan fingerprint density at radius 2 is 1.95 bits per heavy atom. The van der Waals surface area contributed by atoms with E-state index in [-0.39, 0.29) is 17.3 Å². The molecule has 4 heterocycles. The van der Waals surface area contributed by atoms with Crippen molar-refractivity contribution >= 4 is 22.4 Å². The number of fused-ring (bicyclic) bond motifs is 1. The van der Waals surface area contributed by atoms with Gasteiger partial charge in [0.1, 0.15) is 11.9 Å². The van der Waals surface area contributed by atoms with Crippen LogP contribution in [0.25, 0.3) is 10.9 Å². The highest BCUT2D eigenvalue weighted by molar-refractivity contribution is 5.79. The molecule has 0 radical (unpaired) electrons. The van der Waals surface area contributed by atoms with Crippen LogP contribution in [0.1, 0.15) is 29.7 Å². The summed E-state index contributed by atoms with van der Waals surface area (Å²) in [6, 6.07) is 15.3. The van der Waals surface area contributed by atoms with Crippen molar-refractivity contribution in [3.05, 3.63) is 104 Å². The third-order valence-corrected chi connectivity index (χ3v) is 7.08. The Kier molecular flexibility index (Phi) is 6.96. The first-order valence-electron chi connectivity index (χ1n) is 12.5. The molecule has 0 spiro atoms. The molecule has 1 aliphatic rings. The molecule has 9 nitrogen and oxygen atoms in total. The molecule has 3 aromatic heterocycles. The molecule has 0 aliphatic carbocycles. The van der Waals surface area contributed by atoms with Crippen molar-refractivity contribution in [2.45, 2.75) is 38.9 Å². The third kappa shape index (κ3) is 5.22. The molecule has 9 heteroatoms. The topological polar surface area (TPSA) is 97.4 Å². The number of benzene rings is 1. The van der Waals surface area contributed by atoms with Crippen molar-refractivity contribution in [2.75, 3.05) is 18.0 Å². The SMILES string of the molecule is Cc1cc(CN(Cc2cn(C)c3ccccc3c2=O)[C@H]2CCCN(c3cccnc3[N+](=O)[O-])C2)ccn1. The molecule has 190 valence electrons. The lowest BCUT2D eigenvalue weighted by Gasteiger charge is -2.40. The van der Waals surface area contributed by atoms with Gasteiger partial charge in [-0.2, -0.15) is 0 Å². The number of piperidine rings is 1. The second kappa shape index (κ2) is 10.5. The number of anilines is 1. The van der Waals surface area contributed by atoms with Gasteiger partial charge in [-0.1, -0.05) is 12.1 Å². The van der Waals surface area contributed by atoms with Gasteiger partial charge in [0, 0.05) is 68.3 Å². The zero-order valence-electron chi connectivity index (χ0n) is 21.1. The molecule has 0 N–H and O–H groups in total. The van der Waals surface area contributed by atoms with Crippen LogP contribution in [0, 0.1) is 17.0 Å². The van der Waals surface area contributed by atoms with Crippen molar-refractivity contribution in [3.8, 4) is 0 Å². The van der Waals surface area contributed by atoms with Crippen LogP contribution in [0.2, 0.25) is 0 Å². The van der Waals surface area contributed by atoms with E-state index in [1.54, 1.807) is 12.1 Å². The van der Waals surface area contributed by atoms with Crippen LogP contribution in [0.5, 0.6) is 0 Å². The summed E-state index contributed by atoms with van der Waals surface area (Å²) < 4.78 is 2.01. The van der Waals surface area contributed by atoms with Gasteiger partial charge in [-0.25, -0.2) is 0 Å². The number of aromatic nitrogens is 3. The zero-order valence-corrected chi connectivity index (χ0v) is 21.1. The van der Waals surface area contributed by atoms with Gasteiger partial charge in [-0.3, -0.25) is 14.7 Å². The molecule has 1 atom stereocenters. The Hall–Kier alpha value is -4.11. The van der Waals surface area contributed by atoms with Crippen LogP contribution in [0.4, 0.5) is 11.5 Å². The summed E-state index contributed by atoms with van der Waals surface area (Å²) >= 11 is 0. The van der Waals surface area contributed by atoms with Gasteiger partial charge in [-0.05, 0) is 71.6 Å². The minimum absolute atomic E-state index is 0.0418. The first-order chi connectivity index (χ1) is 17.9. The fourth-order valence-electron chi connectivity index (χ4n) is 5.34. The summed E-state index contributed by atoms with van der Waals surface area (Å²) in [5.74, 6) is -0.122. The Bertz CT molecular complexity index is 1500. The van der Waals surface area contributed by atoms with E-state index in [9.17, 15) is 14.9 Å². The number of nitro groups is 1. The number of para-hydroxylation sites is 1. The van der Waals surface area contributed by atoms with E-state index in [4.69, 9.17) is 0 Å². The van der Waals surface area contributed by atoms with Gasteiger partial charge in [0.05, 0.1) is 5.52 Å². The van der Waals surface area contributed by atoms with Gasteiger partial charge >= 0.3 is 5.82 Å². The second-order valence-corrected chi connectivity index (χ2v) is 9.67. The van der Waals surface area contributed by atoms with Crippen LogP contribution in [0.3, 0.4) is 0 Å². The van der Waals surface area contributed by atoms with Gasteiger partial charge in [0.25, 0.3) is 0 Å². The number of aryl methyl sites for hydroxylation is 2. The largest absolute Gasteiger partial charge is 0.387 e. The fourth-order valence-corrected chi connectivity index (χ4v) is 5.34. The minimum Gasteiger partial charge on any atom is -0.363 e. The maximum absolute atomic E-state index is 13.5. The second-order valence-electron chi connectivity index (χ2n) is 9.67. The van der Waals surface area contributed by atoms with E-state index in [2.05, 4.69) is 25.8 Å². The molecule has 0 unspecified atom stereocenters. The van der Waals surface area contributed by atoms with Crippen molar-refractivity contribution in [1.29, 1.82) is 0 Å². The highest BCUT2D eigenvalue weighted by Crippen LogP contribution is 2.30. The molecule has 0 saturated carbocycles. The highest BCUT2D eigenvalue weighted by Gasteiger charge is 2.30. The van der Waals surface area contributed by atoms with Gasteiger partial charge < -0.3 is 19.6 Å². The smallest absolute Gasteiger partial charge is 0.363 e. The van der Waals surface area contributed by atoms with Crippen molar-refractivity contribution in [2.24, 2.45) is 7.05 Å². The standard InChI is InChI=1S/C28H30N6O3/c1-20-15-21(11-13-29-20)16-33(18-22-17-31(2)25-9-4-3-8-24(25)27(22)35)23-7-6-14-32(19-23)26-10-5-12-30-28(26)34(36)37/h3-5,8-13,15,17,23H,6-7,14,16,18-19H2,1-2H3/t23-/m0/s1. The van der Waals surface area contributed by atoms with E-state index >= 15 is 0 Å². The highest BCUT2D eigenvalue weighted by atomic mass is 16.6. The molecule has 1 saturated heterocycles. The molecule has 1 fully saturated rings. The lowest BCUT2D eigenvalue weighted by atomic mass is 10.0. The van der Waals surface area contributed by atoms with Crippen LogP contribution < -0.4 is 10.3 Å². The van der Waals surface area contributed by atoms with Crippen LogP contribution in [-0.4, -0.2) is 43.5 Å². The number of hydrogen-bond acceptors (Lipinski definition) is 7. The van der Waals surface area contributed by atoms with E-state index < -0.39 is 4.92 Å². The maximum atomic E-state index is 13.5. The number of rotatable bonds is 7. The molecule has 0 amide bonds. The summed E-state index contributed by atoms with van der Waals surface area (Å²) in [5.41, 5.74) is 4.28. The van der Waals surface area contributed by atoms with Gasteiger partial charge in [0.2, 0.25) is 0 Å². The predicted octanol–water partition coefficient (Wildman–Crippen LogP) is 4.22. The molecule has 1 aliphatic heterocycles. The van der Waals surface area contributed by atoms with Crippen molar-refractivity contribution in [1.82, 2.24) is 19.4 Å². The summed E-state index contributed by atoms with van der Waals surface area (Å²) in [7, 11) is 1.96. The average molecular weight is 499 g/mol. The van der Waals surface area contributed by atoms with E-state index in [1.165, 1.54) is 6.20 Å². The maximum Gasteiger partial charge on any atom is 0.387 e. The number of hydrogen-bond donors (Lipinski definition) is 0. The third-order valence-electron chi connectivity index (χ3n) is 7.08. The molecule has 4 aromatic rings. The van der Waals surface area contributed by atoms with Gasteiger partial charge in [0.15, 0.2) is 5.43 Å². The van der Waals surface area contributed by atoms with E-state index in [0.29, 0.717) is 30.7 Å². The fraction of sp³-hybridized carbons (Fsp3) is 0.321. The zero-order chi connectivity index (χ0) is 25.9. The van der Waals surface area contributed by atoms with E-state index in [0.717, 1.165) is 41.7 Å². The number of pyridine rings is 3. The lowest BCUT2D eigenvalue weighted by molar-refractivity contribution is -0.388. The first kappa shape index (κ1) is 24.6. The molecule has 5 rings (SSSR count). The predicted molar refractivity (Wildman–Crippen MR) is 144 cm³/mol. The molecule has 0 bridgehead atoms. The normalized spacial score (nSPS) is 15.9. The molecular weight excluding hydrogens is 468 g/mol. The van der Waals surface area contributed by atoms with Crippen molar-refractivity contribution in [3.63, 3.8) is 0 Å². The Balaban J connectivity index is 1.50. The summed E-state index contributed by atoms with van der Waals surface area (Å²) in [6.07, 6.45) is 7.02. The molecule has 37 heavy (non-hydrogen) atoms. The average Bonchev–Trinajstić information content (AvgIpc) is 2.91. The van der Waals surface area contributed by atoms with Crippen LogP contribution >= 0.6 is 0 Å². The Labute approximate surface area is 215 Å². The molecule has 1 aromatic carbocycles. The number of nitrogens with zero attached hydrogens (tertiary/aromatic N) is 6. The van der Waals surface area contributed by atoms with Crippen molar-refractivity contribution < 1.29 is 4.92 Å². The van der Waals surface area contributed by atoms with Crippen LogP contribution in [0.15, 0.2) is 71.9 Å². The minimum atomic E-state index is -0.421. The molecular formula is C28H30N6O3. The summed E-state index contributed by atoms with van der Waals surface area (Å²) in [6.45, 7) is 4.43. The van der Waals surface area contributed by atoms with Crippen LogP contribution in [-0.2, 0) is 20.1 Å². The van der Waals surface area contributed by atoms with Gasteiger partial charge in [-0.15, -0.1) is 0 Å². The summed E-state index contributed by atoms with van der Waals surface area (Å²) in [5, 5.41) is 12.3. The monoisotopic (exact) mass is 498 g/mol. The Morgan fingerprint density at radius 3 is 2.76 bits per heavy atom.